The summed E-state index contributed by atoms with van der Waals surface area (Å²) in [5.74, 6) is -1.32. The summed E-state index contributed by atoms with van der Waals surface area (Å²) >= 11 is 0. The zero-order valence-corrected chi connectivity index (χ0v) is 20.3. The summed E-state index contributed by atoms with van der Waals surface area (Å²) in [7, 11) is 1.62. The minimum Gasteiger partial charge on any atom is -0.463 e. The average Bonchev–Trinajstić information content (AvgIpc) is 3.46. The standard InChI is InChI=1S/C24H31F3N6O3/c1-3-33-14-19(21(30-33)24(25,26)27)17-8-16(13-32-6-7-36-23(32)28)9-18(10-17)22(35)29-11-15-4-5-20(34)31(2)12-15/h4-5,12,14,16-18,28H,3,6-11,13H2,1-2H3,(H,29,35). The first kappa shape index (κ1) is 25.8. The molecule has 2 fully saturated rings. The van der Waals surface area contributed by atoms with Crippen LogP contribution >= 0.6 is 0 Å². The minimum absolute atomic E-state index is 0.0580. The first-order valence-electron chi connectivity index (χ1n) is 12.1. The predicted octanol–water partition coefficient (Wildman–Crippen LogP) is 2.70. The molecule has 2 aromatic heterocycles. The molecule has 3 atom stereocenters. The monoisotopic (exact) mass is 508 g/mol. The maximum absolute atomic E-state index is 13.8. The Morgan fingerprint density at radius 3 is 2.67 bits per heavy atom. The van der Waals surface area contributed by atoms with E-state index in [1.54, 1.807) is 31.1 Å². The van der Waals surface area contributed by atoms with Crippen molar-refractivity contribution >= 4 is 11.9 Å². The van der Waals surface area contributed by atoms with Crippen molar-refractivity contribution in [1.82, 2.24) is 24.6 Å². The van der Waals surface area contributed by atoms with Crippen molar-refractivity contribution in [3.05, 3.63) is 51.7 Å². The number of hydrogen-bond donors (Lipinski definition) is 2. The van der Waals surface area contributed by atoms with Gasteiger partial charge in [0, 0.05) is 56.6 Å². The molecule has 2 aromatic rings. The zero-order chi connectivity index (χ0) is 26.0. The smallest absolute Gasteiger partial charge is 0.435 e. The summed E-state index contributed by atoms with van der Waals surface area (Å²) < 4.78 is 49.4. The molecule has 1 aliphatic carbocycles. The molecule has 2 N–H and O–H groups in total. The van der Waals surface area contributed by atoms with Crippen LogP contribution in [0.25, 0.3) is 0 Å². The van der Waals surface area contributed by atoms with Crippen molar-refractivity contribution in [2.24, 2.45) is 18.9 Å². The number of halogens is 3. The molecule has 1 saturated heterocycles. The van der Waals surface area contributed by atoms with Gasteiger partial charge < -0.3 is 19.5 Å². The maximum atomic E-state index is 13.8. The number of ether oxygens (including phenoxy) is 1. The lowest BCUT2D eigenvalue weighted by Gasteiger charge is -2.36. The number of amidine groups is 1. The molecular weight excluding hydrogens is 477 g/mol. The van der Waals surface area contributed by atoms with Crippen LogP contribution in [0.4, 0.5) is 13.2 Å². The van der Waals surface area contributed by atoms with Gasteiger partial charge in [-0.2, -0.15) is 18.3 Å². The highest BCUT2D eigenvalue weighted by Gasteiger charge is 2.42. The van der Waals surface area contributed by atoms with Crippen molar-refractivity contribution in [2.45, 2.75) is 51.4 Å². The van der Waals surface area contributed by atoms with Crippen LogP contribution in [-0.2, 0) is 35.8 Å². The molecule has 36 heavy (non-hydrogen) atoms. The molecule has 3 unspecified atom stereocenters. The summed E-state index contributed by atoms with van der Waals surface area (Å²) in [4.78, 5) is 26.6. The molecule has 1 amide bonds. The predicted molar refractivity (Wildman–Crippen MR) is 125 cm³/mol. The summed E-state index contributed by atoms with van der Waals surface area (Å²) in [5, 5.41) is 14.6. The van der Waals surface area contributed by atoms with Gasteiger partial charge in [-0.25, -0.2) is 0 Å². The fourth-order valence-corrected chi connectivity index (χ4v) is 5.19. The van der Waals surface area contributed by atoms with E-state index in [0.717, 1.165) is 5.56 Å². The highest BCUT2D eigenvalue weighted by Crippen LogP contribution is 2.44. The third kappa shape index (κ3) is 5.73. The number of nitrogens with zero attached hydrogens (tertiary/aromatic N) is 4. The largest absolute Gasteiger partial charge is 0.463 e. The van der Waals surface area contributed by atoms with Gasteiger partial charge in [0.05, 0.1) is 6.54 Å². The van der Waals surface area contributed by atoms with Crippen molar-refractivity contribution in [2.75, 3.05) is 19.7 Å². The van der Waals surface area contributed by atoms with Crippen LogP contribution in [0.2, 0.25) is 0 Å². The van der Waals surface area contributed by atoms with Crippen LogP contribution in [0.5, 0.6) is 0 Å². The van der Waals surface area contributed by atoms with Crippen molar-refractivity contribution in [3.8, 4) is 0 Å². The number of amides is 1. The van der Waals surface area contributed by atoms with Crippen LogP contribution in [0, 0.1) is 17.2 Å². The molecule has 0 aromatic carbocycles. The molecule has 0 spiro atoms. The Morgan fingerprint density at radius 1 is 1.25 bits per heavy atom. The second-order valence-corrected chi connectivity index (χ2v) is 9.56. The van der Waals surface area contributed by atoms with E-state index in [0.29, 0.717) is 39.1 Å². The highest BCUT2D eigenvalue weighted by molar-refractivity contribution is 5.79. The Labute approximate surface area is 206 Å². The quantitative estimate of drug-likeness (QED) is 0.599. The Hall–Kier alpha value is -3.31. The minimum atomic E-state index is -4.59. The number of carbonyl (C=O) groups is 1. The van der Waals surface area contributed by atoms with Gasteiger partial charge in [0.1, 0.15) is 6.61 Å². The Balaban J connectivity index is 1.55. The second-order valence-electron chi connectivity index (χ2n) is 9.56. The highest BCUT2D eigenvalue weighted by atomic mass is 19.4. The number of carbonyl (C=O) groups excluding carboxylic acids is 1. The second kappa shape index (κ2) is 10.4. The number of alkyl halides is 3. The van der Waals surface area contributed by atoms with Crippen molar-refractivity contribution < 1.29 is 22.7 Å². The molecule has 9 nitrogen and oxygen atoms in total. The molecular formula is C24H31F3N6O3. The average molecular weight is 509 g/mol. The van der Waals surface area contributed by atoms with Gasteiger partial charge in [0.2, 0.25) is 11.5 Å². The third-order valence-electron chi connectivity index (χ3n) is 6.98. The summed E-state index contributed by atoms with van der Waals surface area (Å²) in [6, 6.07) is 3.12. The number of hydrogen-bond acceptors (Lipinski definition) is 5. The number of pyridine rings is 1. The van der Waals surface area contributed by atoms with Crippen LogP contribution in [0.1, 0.15) is 48.9 Å². The summed E-state index contributed by atoms with van der Waals surface area (Å²) in [5.41, 5.74) is -0.178. The lowest BCUT2D eigenvalue weighted by molar-refractivity contribution is -0.142. The van der Waals surface area contributed by atoms with E-state index in [-0.39, 0.29) is 41.9 Å². The third-order valence-corrected chi connectivity index (χ3v) is 6.98. The topological polar surface area (TPSA) is 105 Å². The SMILES string of the molecule is CCn1cc(C2CC(CN3CCOC3=N)CC(C(=O)NCc3ccc(=O)n(C)c3)C2)c(C(F)(F)F)n1. The van der Waals surface area contributed by atoms with Gasteiger partial charge in [-0.15, -0.1) is 0 Å². The van der Waals surface area contributed by atoms with Gasteiger partial charge in [-0.1, -0.05) is 6.07 Å². The molecule has 2 aliphatic rings. The van der Waals surface area contributed by atoms with Gasteiger partial charge in [-0.3, -0.25) is 19.7 Å². The van der Waals surface area contributed by atoms with Gasteiger partial charge in [-0.05, 0) is 43.6 Å². The zero-order valence-electron chi connectivity index (χ0n) is 20.3. The van der Waals surface area contributed by atoms with Crippen molar-refractivity contribution in [3.63, 3.8) is 0 Å². The molecule has 4 rings (SSSR count). The molecule has 12 heteroatoms. The van der Waals surface area contributed by atoms with Gasteiger partial charge in [0.25, 0.3) is 6.02 Å². The lowest BCUT2D eigenvalue weighted by atomic mass is 9.72. The number of nitrogens with one attached hydrogen (secondary N) is 2. The Bertz CT molecular complexity index is 1170. The molecule has 0 radical (unpaired) electrons. The first-order chi connectivity index (χ1) is 17.0. The number of aryl methyl sites for hydroxylation is 2. The van der Waals surface area contributed by atoms with E-state index in [4.69, 9.17) is 10.1 Å². The van der Waals surface area contributed by atoms with E-state index in [2.05, 4.69) is 10.4 Å². The number of rotatable bonds is 7. The first-order valence-corrected chi connectivity index (χ1v) is 12.1. The fourth-order valence-electron chi connectivity index (χ4n) is 5.19. The van der Waals surface area contributed by atoms with E-state index >= 15 is 0 Å². The van der Waals surface area contributed by atoms with E-state index in [9.17, 15) is 22.8 Å². The molecule has 3 heterocycles. The van der Waals surface area contributed by atoms with Gasteiger partial charge >= 0.3 is 6.18 Å². The van der Waals surface area contributed by atoms with Crippen LogP contribution < -0.4 is 10.9 Å². The molecule has 0 bridgehead atoms. The van der Waals surface area contributed by atoms with E-state index in [1.807, 2.05) is 0 Å². The number of aromatic nitrogens is 3. The lowest BCUT2D eigenvalue weighted by Crippen LogP contribution is -2.39. The van der Waals surface area contributed by atoms with Crippen LogP contribution in [-0.4, -0.2) is 50.9 Å². The summed E-state index contributed by atoms with van der Waals surface area (Å²) in [6.07, 6.45) is -0.245. The molecule has 1 aliphatic heterocycles. The maximum Gasteiger partial charge on any atom is 0.435 e. The normalized spacial score (nSPS) is 22.5. The van der Waals surface area contributed by atoms with E-state index < -0.39 is 23.7 Å². The summed E-state index contributed by atoms with van der Waals surface area (Å²) in [6.45, 7) is 3.65. The Morgan fingerprint density at radius 2 is 2.03 bits per heavy atom. The molecule has 1 saturated carbocycles. The van der Waals surface area contributed by atoms with Crippen molar-refractivity contribution in [1.29, 1.82) is 5.41 Å². The fraction of sp³-hybridized carbons (Fsp3) is 0.583. The molecule has 196 valence electrons. The van der Waals surface area contributed by atoms with Gasteiger partial charge in [0.15, 0.2) is 5.69 Å². The van der Waals surface area contributed by atoms with E-state index in [1.165, 1.54) is 21.5 Å². The van der Waals surface area contributed by atoms with Crippen LogP contribution in [0.15, 0.2) is 29.3 Å². The Kier molecular flexibility index (Phi) is 7.41. The van der Waals surface area contributed by atoms with Crippen LogP contribution in [0.3, 0.4) is 0 Å².